The fourth-order valence-corrected chi connectivity index (χ4v) is 5.43. The molecule has 4 nitrogen and oxygen atoms in total. The fraction of sp³-hybridized carbons (Fsp3) is 0.760. The van der Waals surface area contributed by atoms with E-state index < -0.39 is 10.0 Å². The molecule has 0 radical (unpaired) electrons. The molecule has 1 rings (SSSR count). The summed E-state index contributed by atoms with van der Waals surface area (Å²) in [7, 11) is -3.43. The zero-order valence-electron chi connectivity index (χ0n) is 19.6. The highest BCUT2D eigenvalue weighted by Gasteiger charge is 2.25. The molecule has 0 spiro atoms. The molecule has 0 saturated heterocycles. The van der Waals surface area contributed by atoms with Gasteiger partial charge in [-0.1, -0.05) is 104 Å². The molecular formula is C25H45NO3S. The highest BCUT2D eigenvalue weighted by molar-refractivity contribution is 7.93. The third-order valence-electron chi connectivity index (χ3n) is 5.53. The van der Waals surface area contributed by atoms with Gasteiger partial charge in [-0.05, 0) is 31.4 Å². The van der Waals surface area contributed by atoms with Crippen LogP contribution in [0.15, 0.2) is 24.3 Å². The van der Waals surface area contributed by atoms with Crippen molar-refractivity contribution in [3.63, 3.8) is 0 Å². The summed E-state index contributed by atoms with van der Waals surface area (Å²) in [5.74, 6) is 0.608. The largest absolute Gasteiger partial charge is 0.491 e. The van der Waals surface area contributed by atoms with Crippen molar-refractivity contribution in [2.24, 2.45) is 0 Å². The molecule has 0 heterocycles. The zero-order chi connectivity index (χ0) is 22.1. The van der Waals surface area contributed by atoms with Crippen molar-refractivity contribution in [2.45, 2.75) is 116 Å². The lowest BCUT2D eigenvalue weighted by molar-refractivity contribution is 0.319. The lowest BCUT2D eigenvalue weighted by Gasteiger charge is -2.20. The summed E-state index contributed by atoms with van der Waals surface area (Å²) in [4.78, 5) is 0. The van der Waals surface area contributed by atoms with Gasteiger partial charge < -0.3 is 4.74 Å². The number of para-hydroxylation sites is 2. The molecule has 0 aromatic heterocycles. The molecule has 0 amide bonds. The second kappa shape index (κ2) is 16.5. The predicted octanol–water partition coefficient (Wildman–Crippen LogP) is 7.70. The van der Waals surface area contributed by atoms with Gasteiger partial charge in [-0.25, -0.2) is 8.42 Å². The van der Waals surface area contributed by atoms with E-state index in [1.165, 1.54) is 51.4 Å². The van der Waals surface area contributed by atoms with E-state index in [-0.39, 0.29) is 5.25 Å². The Morgan fingerprint density at radius 2 is 1.37 bits per heavy atom. The average Bonchev–Trinajstić information content (AvgIpc) is 2.73. The van der Waals surface area contributed by atoms with E-state index in [9.17, 15) is 8.42 Å². The van der Waals surface area contributed by atoms with E-state index >= 15 is 0 Å². The van der Waals surface area contributed by atoms with E-state index in [0.717, 1.165) is 32.1 Å². The van der Waals surface area contributed by atoms with Crippen LogP contribution in [0, 0.1) is 0 Å². The monoisotopic (exact) mass is 439 g/mol. The van der Waals surface area contributed by atoms with Crippen LogP contribution in [0.3, 0.4) is 0 Å². The molecule has 5 heteroatoms. The van der Waals surface area contributed by atoms with E-state index in [0.29, 0.717) is 24.5 Å². The van der Waals surface area contributed by atoms with Crippen LogP contribution in [0.4, 0.5) is 5.69 Å². The van der Waals surface area contributed by atoms with Crippen molar-refractivity contribution in [1.29, 1.82) is 0 Å². The van der Waals surface area contributed by atoms with Crippen LogP contribution in [0.1, 0.15) is 111 Å². The first-order valence-corrected chi connectivity index (χ1v) is 13.8. The van der Waals surface area contributed by atoms with Gasteiger partial charge in [0.2, 0.25) is 10.0 Å². The summed E-state index contributed by atoms with van der Waals surface area (Å²) in [5, 5.41) is -0.337. The van der Waals surface area contributed by atoms with Gasteiger partial charge in [0, 0.05) is 0 Å². The van der Waals surface area contributed by atoms with E-state index in [1.54, 1.807) is 6.07 Å². The van der Waals surface area contributed by atoms with Crippen LogP contribution in [0.5, 0.6) is 5.75 Å². The molecule has 0 aliphatic heterocycles. The van der Waals surface area contributed by atoms with Gasteiger partial charge >= 0.3 is 0 Å². The zero-order valence-corrected chi connectivity index (χ0v) is 20.4. The molecule has 1 unspecified atom stereocenters. The average molecular weight is 440 g/mol. The Kier molecular flexibility index (Phi) is 14.7. The molecule has 1 aromatic carbocycles. The van der Waals surface area contributed by atoms with E-state index in [2.05, 4.69) is 18.6 Å². The number of ether oxygens (including phenoxy) is 1. The first kappa shape index (κ1) is 26.8. The van der Waals surface area contributed by atoms with Crippen LogP contribution in [-0.4, -0.2) is 20.3 Å². The molecule has 0 fully saturated rings. The molecule has 174 valence electrons. The molecule has 0 bridgehead atoms. The lowest BCUT2D eigenvalue weighted by Crippen LogP contribution is -2.28. The number of rotatable bonds is 19. The fourth-order valence-electron chi connectivity index (χ4n) is 3.76. The summed E-state index contributed by atoms with van der Waals surface area (Å²) >= 11 is 0. The van der Waals surface area contributed by atoms with Gasteiger partial charge in [-0.2, -0.15) is 0 Å². The summed E-state index contributed by atoms with van der Waals surface area (Å²) in [6.45, 7) is 6.92. The summed E-state index contributed by atoms with van der Waals surface area (Å²) in [5.41, 5.74) is 0.551. The topological polar surface area (TPSA) is 55.4 Å². The summed E-state index contributed by atoms with van der Waals surface area (Å²) in [6.07, 6.45) is 15.8. The van der Waals surface area contributed by atoms with Gasteiger partial charge in [-0.3, -0.25) is 4.72 Å². The first-order chi connectivity index (χ1) is 14.5. The second-order valence-electron chi connectivity index (χ2n) is 8.37. The van der Waals surface area contributed by atoms with Gasteiger partial charge in [0.15, 0.2) is 0 Å². The van der Waals surface area contributed by atoms with Crippen LogP contribution >= 0.6 is 0 Å². The molecular weight excluding hydrogens is 394 g/mol. The Hall–Kier alpha value is -1.23. The van der Waals surface area contributed by atoms with Gasteiger partial charge in [0.1, 0.15) is 5.75 Å². The van der Waals surface area contributed by atoms with Crippen molar-refractivity contribution in [3.8, 4) is 5.75 Å². The van der Waals surface area contributed by atoms with E-state index in [1.807, 2.05) is 25.1 Å². The Morgan fingerprint density at radius 3 is 1.97 bits per heavy atom. The Balaban J connectivity index is 2.45. The van der Waals surface area contributed by atoms with Crippen molar-refractivity contribution >= 4 is 15.7 Å². The molecule has 30 heavy (non-hydrogen) atoms. The van der Waals surface area contributed by atoms with Crippen molar-refractivity contribution in [3.05, 3.63) is 24.3 Å². The third kappa shape index (κ3) is 11.2. The van der Waals surface area contributed by atoms with Crippen molar-refractivity contribution < 1.29 is 13.2 Å². The molecule has 1 atom stereocenters. The lowest BCUT2D eigenvalue weighted by atomic mass is 10.0. The van der Waals surface area contributed by atoms with E-state index in [4.69, 9.17) is 4.74 Å². The van der Waals surface area contributed by atoms with Crippen LogP contribution in [0.2, 0.25) is 0 Å². The highest BCUT2D eigenvalue weighted by atomic mass is 32.2. The molecule has 0 aliphatic rings. The standard InChI is InChI=1S/C25H45NO3S/c1-4-7-8-9-10-11-12-13-14-15-19-23(18-5-2)30(27,28)26-24-20-16-17-21-25(24)29-22-6-3/h16-17,20-21,23,26H,4-15,18-19,22H2,1-3H3. The number of hydrogen-bond acceptors (Lipinski definition) is 3. The molecule has 0 aliphatic carbocycles. The third-order valence-corrected chi connectivity index (χ3v) is 7.38. The number of sulfonamides is 1. The van der Waals surface area contributed by atoms with Crippen LogP contribution in [-0.2, 0) is 10.0 Å². The van der Waals surface area contributed by atoms with Gasteiger partial charge in [0.25, 0.3) is 0 Å². The van der Waals surface area contributed by atoms with Crippen molar-refractivity contribution in [1.82, 2.24) is 0 Å². The molecule has 1 N–H and O–H groups in total. The smallest absolute Gasteiger partial charge is 0.235 e. The summed E-state index contributed by atoms with van der Waals surface area (Å²) in [6, 6.07) is 7.32. The minimum Gasteiger partial charge on any atom is -0.491 e. The number of benzene rings is 1. The SMILES string of the molecule is CCCCCCCCCCCCC(CCC)S(=O)(=O)Nc1ccccc1OCCC. The van der Waals surface area contributed by atoms with Crippen LogP contribution in [0.25, 0.3) is 0 Å². The van der Waals surface area contributed by atoms with Crippen LogP contribution < -0.4 is 9.46 Å². The van der Waals surface area contributed by atoms with Gasteiger partial charge in [-0.15, -0.1) is 0 Å². The number of unbranched alkanes of at least 4 members (excludes halogenated alkanes) is 9. The summed E-state index contributed by atoms with van der Waals surface area (Å²) < 4.78 is 34.6. The maximum atomic E-state index is 13.0. The number of anilines is 1. The predicted molar refractivity (Wildman–Crippen MR) is 130 cm³/mol. The molecule has 1 aromatic rings. The Labute approximate surface area is 186 Å². The second-order valence-corrected chi connectivity index (χ2v) is 10.3. The van der Waals surface area contributed by atoms with Gasteiger partial charge in [0.05, 0.1) is 17.5 Å². The maximum Gasteiger partial charge on any atom is 0.235 e. The Morgan fingerprint density at radius 1 is 0.767 bits per heavy atom. The maximum absolute atomic E-state index is 13.0. The number of hydrogen-bond donors (Lipinski definition) is 1. The Bertz CT molecular complexity index is 646. The number of nitrogens with one attached hydrogen (secondary N) is 1. The quantitative estimate of drug-likeness (QED) is 0.225. The van der Waals surface area contributed by atoms with Crippen molar-refractivity contribution in [2.75, 3.05) is 11.3 Å². The minimum atomic E-state index is -3.43. The normalized spacial score (nSPS) is 12.6. The first-order valence-electron chi connectivity index (χ1n) is 12.3. The minimum absolute atomic E-state index is 0.337. The highest BCUT2D eigenvalue weighted by Crippen LogP contribution is 2.27. The molecule has 0 saturated carbocycles.